The van der Waals surface area contributed by atoms with Gasteiger partial charge in [0.15, 0.2) is 0 Å². The van der Waals surface area contributed by atoms with E-state index in [1.807, 2.05) is 0 Å². The molecule has 19 heavy (non-hydrogen) atoms. The monoisotopic (exact) mass is 268 g/mol. The minimum absolute atomic E-state index is 0.0553. The molecule has 1 heterocycles. The maximum atomic E-state index is 6.27. The van der Waals surface area contributed by atoms with Crippen molar-refractivity contribution in [2.24, 2.45) is 17.6 Å². The molecule has 0 aromatic heterocycles. The van der Waals surface area contributed by atoms with Crippen LogP contribution in [-0.4, -0.2) is 41.8 Å². The van der Waals surface area contributed by atoms with Crippen molar-refractivity contribution in [3.05, 3.63) is 0 Å². The Morgan fingerprint density at radius 2 is 1.95 bits per heavy atom. The van der Waals surface area contributed by atoms with E-state index in [1.165, 1.54) is 19.3 Å². The predicted octanol–water partition coefficient (Wildman–Crippen LogP) is 2.64. The zero-order chi connectivity index (χ0) is 14.3. The number of ether oxygens (including phenoxy) is 1. The number of hydrogen-bond acceptors (Lipinski definition) is 3. The van der Waals surface area contributed by atoms with Crippen LogP contribution in [0.4, 0.5) is 0 Å². The second kappa shape index (κ2) is 5.34. The third kappa shape index (κ3) is 2.84. The van der Waals surface area contributed by atoms with E-state index < -0.39 is 0 Å². The van der Waals surface area contributed by atoms with E-state index in [-0.39, 0.29) is 11.1 Å². The Balaban J connectivity index is 2.25. The molecule has 3 heteroatoms. The lowest BCUT2D eigenvalue weighted by atomic mass is 9.67. The normalized spacial score (nSPS) is 44.2. The molecule has 0 aromatic rings. The minimum atomic E-state index is -0.0553. The van der Waals surface area contributed by atoms with E-state index >= 15 is 0 Å². The fourth-order valence-electron chi connectivity index (χ4n) is 4.39. The van der Waals surface area contributed by atoms with Gasteiger partial charge < -0.3 is 10.5 Å². The van der Waals surface area contributed by atoms with Crippen molar-refractivity contribution in [1.29, 1.82) is 0 Å². The Hall–Kier alpha value is -0.120. The summed E-state index contributed by atoms with van der Waals surface area (Å²) < 4.78 is 6.06. The third-order valence-corrected chi connectivity index (χ3v) is 5.52. The summed E-state index contributed by atoms with van der Waals surface area (Å²) in [7, 11) is 0. The van der Waals surface area contributed by atoms with Crippen LogP contribution < -0.4 is 5.73 Å². The smallest absolute Gasteiger partial charge is 0.0757 e. The van der Waals surface area contributed by atoms with E-state index in [4.69, 9.17) is 10.5 Å². The average Bonchev–Trinajstić information content (AvgIpc) is 2.30. The Bertz CT molecular complexity index is 318. The maximum absolute atomic E-state index is 6.27. The number of rotatable bonds is 2. The molecule has 4 atom stereocenters. The van der Waals surface area contributed by atoms with Crippen LogP contribution in [0.25, 0.3) is 0 Å². The highest BCUT2D eigenvalue weighted by molar-refractivity contribution is 5.03. The fourth-order valence-corrected chi connectivity index (χ4v) is 4.39. The van der Waals surface area contributed by atoms with Gasteiger partial charge in [-0.1, -0.05) is 26.7 Å². The largest absolute Gasteiger partial charge is 0.370 e. The lowest BCUT2D eigenvalue weighted by molar-refractivity contribution is -0.168. The first kappa shape index (κ1) is 15.3. The molecule has 2 fully saturated rings. The molecule has 1 saturated heterocycles. The van der Waals surface area contributed by atoms with Crippen LogP contribution in [-0.2, 0) is 4.74 Å². The van der Waals surface area contributed by atoms with Crippen LogP contribution in [0.15, 0.2) is 0 Å². The maximum Gasteiger partial charge on any atom is 0.0757 e. The summed E-state index contributed by atoms with van der Waals surface area (Å²) in [4.78, 5) is 2.65. The van der Waals surface area contributed by atoms with Crippen molar-refractivity contribution in [3.63, 3.8) is 0 Å². The van der Waals surface area contributed by atoms with Gasteiger partial charge in [-0.3, -0.25) is 4.90 Å². The van der Waals surface area contributed by atoms with Crippen LogP contribution >= 0.6 is 0 Å². The molecule has 112 valence electrons. The Morgan fingerprint density at radius 3 is 2.53 bits per heavy atom. The zero-order valence-electron chi connectivity index (χ0n) is 13.4. The van der Waals surface area contributed by atoms with Crippen LogP contribution in [0.3, 0.4) is 0 Å². The van der Waals surface area contributed by atoms with E-state index in [0.717, 1.165) is 25.6 Å². The lowest BCUT2D eigenvalue weighted by Crippen LogP contribution is -2.67. The molecule has 3 nitrogen and oxygen atoms in total. The van der Waals surface area contributed by atoms with Crippen LogP contribution in [0.1, 0.15) is 53.9 Å². The number of nitrogens with two attached hydrogens (primary N) is 1. The fraction of sp³-hybridized carbons (Fsp3) is 1.00. The van der Waals surface area contributed by atoms with E-state index in [1.54, 1.807) is 0 Å². The van der Waals surface area contributed by atoms with Crippen LogP contribution in [0, 0.1) is 11.8 Å². The molecule has 2 N–H and O–H groups in total. The van der Waals surface area contributed by atoms with Gasteiger partial charge in [-0.25, -0.2) is 0 Å². The van der Waals surface area contributed by atoms with E-state index in [0.29, 0.717) is 12.0 Å². The SMILES string of the molecule is CC1CN(C2(CN)CCCC(C)C2C)CC(C)(C)O1. The molecular weight excluding hydrogens is 236 g/mol. The quantitative estimate of drug-likeness (QED) is 0.837. The molecule has 0 bridgehead atoms. The van der Waals surface area contributed by atoms with Crippen molar-refractivity contribution < 1.29 is 4.74 Å². The van der Waals surface area contributed by atoms with Gasteiger partial charge in [-0.2, -0.15) is 0 Å². The number of morpholine rings is 1. The Morgan fingerprint density at radius 1 is 1.26 bits per heavy atom. The minimum Gasteiger partial charge on any atom is -0.370 e. The van der Waals surface area contributed by atoms with Gasteiger partial charge in [0.05, 0.1) is 11.7 Å². The van der Waals surface area contributed by atoms with Gasteiger partial charge in [0.25, 0.3) is 0 Å². The first-order valence-electron chi connectivity index (χ1n) is 7.94. The van der Waals surface area contributed by atoms with Gasteiger partial charge in [0, 0.05) is 25.2 Å². The molecule has 4 unspecified atom stereocenters. The van der Waals surface area contributed by atoms with Crippen LogP contribution in [0.2, 0.25) is 0 Å². The summed E-state index contributed by atoms with van der Waals surface area (Å²) in [5, 5.41) is 0. The number of hydrogen-bond donors (Lipinski definition) is 1. The summed E-state index contributed by atoms with van der Waals surface area (Å²) in [6, 6.07) is 0. The van der Waals surface area contributed by atoms with Crippen molar-refractivity contribution in [2.45, 2.75) is 71.1 Å². The summed E-state index contributed by atoms with van der Waals surface area (Å²) in [6.45, 7) is 14.2. The topological polar surface area (TPSA) is 38.5 Å². The predicted molar refractivity (Wildman–Crippen MR) is 80.2 cm³/mol. The van der Waals surface area contributed by atoms with Gasteiger partial charge >= 0.3 is 0 Å². The van der Waals surface area contributed by atoms with Gasteiger partial charge in [-0.05, 0) is 39.0 Å². The summed E-state index contributed by atoms with van der Waals surface area (Å²) in [5.41, 5.74) is 6.41. The zero-order valence-corrected chi connectivity index (χ0v) is 13.4. The standard InChI is InChI=1S/C16H32N2O/c1-12-7-6-8-16(10-17,14(12)3)18-9-13(2)19-15(4,5)11-18/h12-14H,6-11,17H2,1-5H3. The molecule has 0 aromatic carbocycles. The summed E-state index contributed by atoms with van der Waals surface area (Å²) >= 11 is 0. The molecule has 0 amide bonds. The molecule has 1 saturated carbocycles. The number of nitrogens with zero attached hydrogens (tertiary/aromatic N) is 1. The Kier molecular flexibility index (Phi) is 4.29. The average molecular weight is 268 g/mol. The highest BCUT2D eigenvalue weighted by Gasteiger charge is 2.48. The summed E-state index contributed by atoms with van der Waals surface area (Å²) in [6.07, 6.45) is 4.22. The second-order valence-corrected chi connectivity index (χ2v) is 7.53. The van der Waals surface area contributed by atoms with Crippen molar-refractivity contribution in [1.82, 2.24) is 4.90 Å². The molecule has 2 rings (SSSR count). The highest BCUT2D eigenvalue weighted by Crippen LogP contribution is 2.43. The van der Waals surface area contributed by atoms with E-state index in [2.05, 4.69) is 39.5 Å². The van der Waals surface area contributed by atoms with Crippen molar-refractivity contribution >= 4 is 0 Å². The van der Waals surface area contributed by atoms with Crippen LogP contribution in [0.5, 0.6) is 0 Å². The molecule has 2 aliphatic rings. The van der Waals surface area contributed by atoms with Crippen molar-refractivity contribution in [3.8, 4) is 0 Å². The second-order valence-electron chi connectivity index (χ2n) is 7.53. The van der Waals surface area contributed by atoms with Gasteiger partial charge in [0.2, 0.25) is 0 Å². The van der Waals surface area contributed by atoms with E-state index in [9.17, 15) is 0 Å². The Labute approximate surface area is 118 Å². The van der Waals surface area contributed by atoms with Gasteiger partial charge in [-0.15, -0.1) is 0 Å². The molecule has 0 spiro atoms. The summed E-state index contributed by atoms with van der Waals surface area (Å²) in [5.74, 6) is 1.45. The highest BCUT2D eigenvalue weighted by atomic mass is 16.5. The molecule has 0 radical (unpaired) electrons. The van der Waals surface area contributed by atoms with Crippen molar-refractivity contribution in [2.75, 3.05) is 19.6 Å². The molecule has 1 aliphatic heterocycles. The lowest BCUT2D eigenvalue weighted by Gasteiger charge is -2.56. The molecule has 1 aliphatic carbocycles. The first-order valence-corrected chi connectivity index (χ1v) is 7.94. The van der Waals surface area contributed by atoms with Gasteiger partial charge in [0.1, 0.15) is 0 Å². The third-order valence-electron chi connectivity index (χ3n) is 5.52. The first-order chi connectivity index (χ1) is 8.81. The molecular formula is C16H32N2O.